The number of hydrogen-bond donors (Lipinski definition) is 0. The van der Waals surface area contributed by atoms with Gasteiger partial charge in [0.2, 0.25) is 0 Å². The second-order valence-electron chi connectivity index (χ2n) is 4.89. The van der Waals surface area contributed by atoms with Crippen LogP contribution >= 0.6 is 0 Å². The fourth-order valence-electron chi connectivity index (χ4n) is 2.13. The molecule has 0 aromatic heterocycles. The van der Waals surface area contributed by atoms with Gasteiger partial charge in [-0.25, -0.2) is 4.21 Å². The van der Waals surface area contributed by atoms with E-state index in [9.17, 15) is 31.8 Å². The van der Waals surface area contributed by atoms with Crippen LogP contribution in [0.15, 0.2) is 24.3 Å². The molecule has 1 atom stereocenters. The van der Waals surface area contributed by atoms with Gasteiger partial charge in [0.1, 0.15) is 6.61 Å². The normalized spacial score (nSPS) is 15.5. The summed E-state index contributed by atoms with van der Waals surface area (Å²) < 4.78 is 50.4. The Balaban J connectivity index is 1.79. The summed E-state index contributed by atoms with van der Waals surface area (Å²) in [5.41, 5.74) is -4.49. The van der Waals surface area contributed by atoms with Gasteiger partial charge in [-0.15, -0.1) is 0 Å². The zero-order valence-electron chi connectivity index (χ0n) is 12.2. The highest BCUT2D eigenvalue weighted by Crippen LogP contribution is 2.23. The highest BCUT2D eigenvalue weighted by molar-refractivity contribution is 7.81. The highest BCUT2D eigenvalue weighted by atomic mass is 32.2. The number of imide groups is 1. The summed E-state index contributed by atoms with van der Waals surface area (Å²) in [4.78, 5) is 36.5. The summed E-state index contributed by atoms with van der Waals surface area (Å²) >= 11 is -3.54. The van der Waals surface area contributed by atoms with Gasteiger partial charge in [0, 0.05) is 13.0 Å². The molecule has 0 bridgehead atoms. The molecule has 0 radical (unpaired) electrons. The highest BCUT2D eigenvalue weighted by Gasteiger charge is 2.39. The molecule has 1 aliphatic rings. The quantitative estimate of drug-likeness (QED) is 0.691. The van der Waals surface area contributed by atoms with Crippen LogP contribution in [0.25, 0.3) is 0 Å². The Kier molecular flexibility index (Phi) is 5.50. The maximum atomic E-state index is 12.0. The number of halogens is 3. The standard InChI is InChI=1S/C14H12F3NO5S/c15-14(16,17)24(22)23-8-9(19)4-3-7-18-12(20)10-5-1-2-6-11(10)13(18)21/h1-2,5-6H,3-4,7-8H2. The average molecular weight is 363 g/mol. The van der Waals surface area contributed by atoms with E-state index < -0.39 is 40.8 Å². The topological polar surface area (TPSA) is 80.8 Å². The molecule has 1 heterocycles. The average Bonchev–Trinajstić information content (AvgIpc) is 2.77. The molecule has 0 N–H and O–H groups in total. The Labute approximate surface area is 137 Å². The molecule has 10 heteroatoms. The number of amides is 2. The number of carbonyl (C=O) groups excluding carboxylic acids is 3. The SMILES string of the molecule is O=C(CCCN1C(=O)c2ccccc2C1=O)COS(=O)C(F)(F)F. The fraction of sp³-hybridized carbons (Fsp3) is 0.357. The molecule has 2 amide bonds. The van der Waals surface area contributed by atoms with Crippen LogP contribution in [-0.2, 0) is 20.1 Å². The first kappa shape index (κ1) is 18.3. The molecule has 6 nitrogen and oxygen atoms in total. The summed E-state index contributed by atoms with van der Waals surface area (Å²) in [7, 11) is 0. The molecular weight excluding hydrogens is 351 g/mol. The first-order valence-electron chi connectivity index (χ1n) is 6.80. The van der Waals surface area contributed by atoms with Crippen molar-refractivity contribution in [1.82, 2.24) is 4.90 Å². The lowest BCUT2D eigenvalue weighted by Crippen LogP contribution is -2.31. The van der Waals surface area contributed by atoms with Crippen molar-refractivity contribution in [3.8, 4) is 0 Å². The zero-order valence-corrected chi connectivity index (χ0v) is 13.0. The zero-order chi connectivity index (χ0) is 17.9. The van der Waals surface area contributed by atoms with Crippen LogP contribution < -0.4 is 0 Å². The van der Waals surface area contributed by atoms with Gasteiger partial charge >= 0.3 is 5.51 Å². The largest absolute Gasteiger partial charge is 0.497 e. The molecule has 1 aliphatic heterocycles. The smallest absolute Gasteiger partial charge is 0.297 e. The minimum atomic E-state index is -5.04. The lowest BCUT2D eigenvalue weighted by molar-refractivity contribution is -0.121. The van der Waals surface area contributed by atoms with E-state index in [0.29, 0.717) is 0 Å². The van der Waals surface area contributed by atoms with Gasteiger partial charge in [-0.05, 0) is 18.6 Å². The van der Waals surface area contributed by atoms with Crippen molar-refractivity contribution in [3.63, 3.8) is 0 Å². The van der Waals surface area contributed by atoms with Gasteiger partial charge in [0.15, 0.2) is 5.78 Å². The van der Waals surface area contributed by atoms with Crippen molar-refractivity contribution in [2.75, 3.05) is 13.2 Å². The van der Waals surface area contributed by atoms with Crippen molar-refractivity contribution in [2.24, 2.45) is 0 Å². The van der Waals surface area contributed by atoms with Crippen LogP contribution in [0, 0.1) is 0 Å². The molecule has 0 saturated carbocycles. The van der Waals surface area contributed by atoms with Crippen LogP contribution in [-0.4, -0.2) is 45.4 Å². The Morgan fingerprint density at radius 2 is 1.67 bits per heavy atom. The van der Waals surface area contributed by atoms with Crippen LogP contribution in [0.4, 0.5) is 13.2 Å². The number of ketones is 1. The molecule has 2 rings (SSSR count). The van der Waals surface area contributed by atoms with Gasteiger partial charge < -0.3 is 0 Å². The maximum Gasteiger partial charge on any atom is 0.497 e. The Bertz CT molecular complexity index is 669. The van der Waals surface area contributed by atoms with E-state index in [1.165, 1.54) is 12.1 Å². The van der Waals surface area contributed by atoms with Gasteiger partial charge in [-0.2, -0.15) is 13.2 Å². The third-order valence-electron chi connectivity index (χ3n) is 3.23. The first-order chi connectivity index (χ1) is 11.2. The predicted octanol–water partition coefficient (Wildman–Crippen LogP) is 1.83. The molecule has 130 valence electrons. The number of carbonyl (C=O) groups is 3. The number of rotatable bonds is 7. The molecule has 0 saturated heterocycles. The molecule has 0 fully saturated rings. The molecule has 24 heavy (non-hydrogen) atoms. The van der Waals surface area contributed by atoms with Crippen LogP contribution in [0.1, 0.15) is 33.6 Å². The van der Waals surface area contributed by atoms with E-state index in [2.05, 4.69) is 4.18 Å². The molecule has 0 spiro atoms. The number of benzene rings is 1. The summed E-state index contributed by atoms with van der Waals surface area (Å²) in [5.74, 6) is -1.65. The third-order valence-corrected chi connectivity index (χ3v) is 3.94. The number of hydrogen-bond acceptors (Lipinski definition) is 5. The van der Waals surface area contributed by atoms with Gasteiger partial charge in [-0.3, -0.25) is 23.5 Å². The Hall–Kier alpha value is -2.07. The van der Waals surface area contributed by atoms with Crippen molar-refractivity contribution in [1.29, 1.82) is 0 Å². The predicted molar refractivity (Wildman–Crippen MR) is 76.2 cm³/mol. The van der Waals surface area contributed by atoms with E-state index in [1.807, 2.05) is 0 Å². The third kappa shape index (κ3) is 4.06. The Morgan fingerprint density at radius 3 is 2.17 bits per heavy atom. The van der Waals surface area contributed by atoms with Crippen LogP contribution in [0.5, 0.6) is 0 Å². The van der Waals surface area contributed by atoms with E-state index in [4.69, 9.17) is 0 Å². The molecule has 1 aromatic carbocycles. The maximum absolute atomic E-state index is 12.0. The minimum Gasteiger partial charge on any atom is -0.297 e. The van der Waals surface area contributed by atoms with Gasteiger partial charge in [0.05, 0.1) is 11.1 Å². The van der Waals surface area contributed by atoms with Gasteiger partial charge in [-0.1, -0.05) is 12.1 Å². The molecule has 1 aromatic rings. The number of Topliss-reactive ketones (excluding diaryl/α,β-unsaturated/α-hetero) is 1. The molecular formula is C14H12F3NO5S. The number of alkyl halides is 3. The lowest BCUT2D eigenvalue weighted by atomic mass is 10.1. The van der Waals surface area contributed by atoms with Gasteiger partial charge in [0.25, 0.3) is 22.9 Å². The Morgan fingerprint density at radius 1 is 1.12 bits per heavy atom. The van der Waals surface area contributed by atoms with E-state index in [0.717, 1.165) is 4.90 Å². The van der Waals surface area contributed by atoms with Crippen LogP contribution in [0.2, 0.25) is 0 Å². The monoisotopic (exact) mass is 363 g/mol. The minimum absolute atomic E-state index is 0.0412. The summed E-state index contributed by atoms with van der Waals surface area (Å²) in [6.45, 7) is -0.991. The van der Waals surface area contributed by atoms with Crippen molar-refractivity contribution < 1.29 is 35.9 Å². The summed E-state index contributed by atoms with van der Waals surface area (Å²) in [6.07, 6.45) is -0.130. The van der Waals surface area contributed by atoms with Crippen molar-refractivity contribution >= 4 is 28.7 Å². The van der Waals surface area contributed by atoms with Crippen molar-refractivity contribution in [2.45, 2.75) is 18.3 Å². The van der Waals surface area contributed by atoms with E-state index in [-0.39, 0.29) is 30.5 Å². The van der Waals surface area contributed by atoms with Crippen LogP contribution in [0.3, 0.4) is 0 Å². The number of nitrogens with zero attached hydrogens (tertiary/aromatic N) is 1. The second kappa shape index (κ2) is 7.22. The fourth-order valence-corrected chi connectivity index (χ4v) is 2.51. The summed E-state index contributed by atoms with van der Waals surface area (Å²) in [6, 6.07) is 6.27. The lowest BCUT2D eigenvalue weighted by Gasteiger charge is -2.13. The van der Waals surface area contributed by atoms with Crippen molar-refractivity contribution in [3.05, 3.63) is 35.4 Å². The first-order valence-corrected chi connectivity index (χ1v) is 7.88. The van der Waals surface area contributed by atoms with E-state index in [1.54, 1.807) is 12.1 Å². The van der Waals surface area contributed by atoms with E-state index >= 15 is 0 Å². The molecule has 1 unspecified atom stereocenters. The summed E-state index contributed by atoms with van der Waals surface area (Å²) in [5, 5.41) is 0. The molecule has 0 aliphatic carbocycles. The number of fused-ring (bicyclic) bond motifs is 1. The second-order valence-corrected chi connectivity index (χ2v) is 6.06.